The predicted octanol–water partition coefficient (Wildman–Crippen LogP) is 3.59. The number of nitrogens with one attached hydrogen (secondary N) is 2. The zero-order chi connectivity index (χ0) is 14.3. The van der Waals surface area contributed by atoms with Gasteiger partial charge in [-0.3, -0.25) is 4.79 Å². The third kappa shape index (κ3) is 4.93. The Hall–Kier alpha value is -1.51. The van der Waals surface area contributed by atoms with Crippen LogP contribution >= 0.6 is 0 Å². The Balaban J connectivity index is 2.65. The molecule has 0 radical (unpaired) electrons. The molecule has 0 aromatic heterocycles. The highest BCUT2D eigenvalue weighted by atomic mass is 16.1. The molecule has 3 nitrogen and oxygen atoms in total. The van der Waals surface area contributed by atoms with Gasteiger partial charge in [-0.15, -0.1) is 0 Å². The second-order valence-electron chi connectivity index (χ2n) is 5.18. The fraction of sp³-hybridized carbons (Fsp3) is 0.562. The Morgan fingerprint density at radius 3 is 2.63 bits per heavy atom. The van der Waals surface area contributed by atoms with Crippen molar-refractivity contribution in [3.05, 3.63) is 29.3 Å². The maximum Gasteiger partial charge on any atom is 0.251 e. The first-order chi connectivity index (χ1) is 9.08. The van der Waals surface area contributed by atoms with Crippen LogP contribution in [0, 0.1) is 12.8 Å². The Morgan fingerprint density at radius 2 is 2.05 bits per heavy atom. The summed E-state index contributed by atoms with van der Waals surface area (Å²) in [6.07, 6.45) is 2.18. The number of carbonyl (C=O) groups excluding carboxylic acids is 1. The van der Waals surface area contributed by atoms with Gasteiger partial charge in [-0.2, -0.15) is 0 Å². The van der Waals surface area contributed by atoms with Crippen LogP contribution in [0.1, 0.15) is 49.5 Å². The molecule has 2 N–H and O–H groups in total. The summed E-state index contributed by atoms with van der Waals surface area (Å²) < 4.78 is 0. The third-order valence-corrected chi connectivity index (χ3v) is 3.36. The Kier molecular flexibility index (Phi) is 6.40. The highest BCUT2D eigenvalue weighted by Crippen LogP contribution is 2.15. The Bertz CT molecular complexity index is 415. The number of aryl methyl sites for hydroxylation is 1. The largest absolute Gasteiger partial charge is 0.385 e. The molecule has 3 heteroatoms. The minimum Gasteiger partial charge on any atom is -0.385 e. The lowest BCUT2D eigenvalue weighted by Crippen LogP contribution is -2.28. The van der Waals surface area contributed by atoms with E-state index in [4.69, 9.17) is 0 Å². The molecule has 0 aliphatic carbocycles. The third-order valence-electron chi connectivity index (χ3n) is 3.36. The zero-order valence-corrected chi connectivity index (χ0v) is 12.5. The molecule has 0 aliphatic heterocycles. The number of benzene rings is 1. The molecule has 1 unspecified atom stereocenters. The molecule has 0 heterocycles. The van der Waals surface area contributed by atoms with Crippen LogP contribution in [0.4, 0.5) is 5.69 Å². The molecule has 106 valence electrons. The number of anilines is 1. The molecule has 1 aromatic rings. The summed E-state index contributed by atoms with van der Waals surface area (Å²) in [5.41, 5.74) is 2.87. The SMILES string of the molecule is CCCNc1ccc(C(=O)NCC(C)CC)c(C)c1. The van der Waals surface area contributed by atoms with Gasteiger partial charge in [-0.05, 0) is 43.0 Å². The van der Waals surface area contributed by atoms with Gasteiger partial charge in [0.05, 0.1) is 0 Å². The average Bonchev–Trinajstić information content (AvgIpc) is 2.42. The van der Waals surface area contributed by atoms with Crippen molar-refractivity contribution in [2.45, 2.75) is 40.5 Å². The van der Waals surface area contributed by atoms with E-state index in [-0.39, 0.29) is 5.91 Å². The summed E-state index contributed by atoms with van der Waals surface area (Å²) >= 11 is 0. The Labute approximate surface area is 116 Å². The van der Waals surface area contributed by atoms with Gasteiger partial charge in [0.2, 0.25) is 0 Å². The zero-order valence-electron chi connectivity index (χ0n) is 12.5. The van der Waals surface area contributed by atoms with E-state index in [2.05, 4.69) is 31.4 Å². The quantitative estimate of drug-likeness (QED) is 0.788. The molecule has 1 rings (SSSR count). The van der Waals surface area contributed by atoms with Crippen molar-refractivity contribution in [2.24, 2.45) is 5.92 Å². The maximum atomic E-state index is 12.1. The summed E-state index contributed by atoms with van der Waals surface area (Å²) in [6, 6.07) is 5.91. The van der Waals surface area contributed by atoms with Crippen LogP contribution in [0.15, 0.2) is 18.2 Å². The van der Waals surface area contributed by atoms with Crippen molar-refractivity contribution in [2.75, 3.05) is 18.4 Å². The molecular weight excluding hydrogens is 236 g/mol. The van der Waals surface area contributed by atoms with E-state index in [1.54, 1.807) is 0 Å². The van der Waals surface area contributed by atoms with Crippen molar-refractivity contribution < 1.29 is 4.79 Å². The van der Waals surface area contributed by atoms with E-state index in [0.29, 0.717) is 5.92 Å². The highest BCUT2D eigenvalue weighted by Gasteiger charge is 2.10. The highest BCUT2D eigenvalue weighted by molar-refractivity contribution is 5.96. The number of rotatable bonds is 7. The monoisotopic (exact) mass is 262 g/mol. The Morgan fingerprint density at radius 1 is 1.32 bits per heavy atom. The maximum absolute atomic E-state index is 12.1. The van der Waals surface area contributed by atoms with Gasteiger partial charge in [0.15, 0.2) is 0 Å². The molecule has 1 aromatic carbocycles. The summed E-state index contributed by atoms with van der Waals surface area (Å²) in [4.78, 5) is 12.1. The molecule has 0 aliphatic rings. The van der Waals surface area contributed by atoms with Crippen LogP contribution in [-0.4, -0.2) is 19.0 Å². The fourth-order valence-corrected chi connectivity index (χ4v) is 1.80. The lowest BCUT2D eigenvalue weighted by Gasteiger charge is -2.13. The first-order valence-electron chi connectivity index (χ1n) is 7.21. The van der Waals surface area contributed by atoms with E-state index in [1.807, 2.05) is 25.1 Å². The fourth-order valence-electron chi connectivity index (χ4n) is 1.80. The van der Waals surface area contributed by atoms with E-state index in [1.165, 1.54) is 0 Å². The molecule has 0 spiro atoms. The number of hydrogen-bond acceptors (Lipinski definition) is 2. The van der Waals surface area contributed by atoms with Crippen LogP contribution in [0.2, 0.25) is 0 Å². The molecule has 1 atom stereocenters. The van der Waals surface area contributed by atoms with Gasteiger partial charge in [0.25, 0.3) is 5.91 Å². The minimum atomic E-state index is 0.0276. The number of hydrogen-bond donors (Lipinski definition) is 2. The van der Waals surface area contributed by atoms with Crippen molar-refractivity contribution in [3.8, 4) is 0 Å². The lowest BCUT2D eigenvalue weighted by molar-refractivity contribution is 0.0947. The molecule has 0 fully saturated rings. The normalized spacial score (nSPS) is 12.0. The van der Waals surface area contributed by atoms with E-state index in [9.17, 15) is 4.79 Å². The van der Waals surface area contributed by atoms with Gasteiger partial charge in [0, 0.05) is 24.3 Å². The smallest absolute Gasteiger partial charge is 0.251 e. The van der Waals surface area contributed by atoms with Crippen LogP contribution in [-0.2, 0) is 0 Å². The van der Waals surface area contributed by atoms with Crippen molar-refractivity contribution >= 4 is 11.6 Å². The van der Waals surface area contributed by atoms with Gasteiger partial charge < -0.3 is 10.6 Å². The first kappa shape index (κ1) is 15.5. The second-order valence-corrected chi connectivity index (χ2v) is 5.18. The first-order valence-corrected chi connectivity index (χ1v) is 7.21. The van der Waals surface area contributed by atoms with Crippen molar-refractivity contribution in [1.29, 1.82) is 0 Å². The minimum absolute atomic E-state index is 0.0276. The molecule has 0 saturated carbocycles. The summed E-state index contributed by atoms with van der Waals surface area (Å²) in [7, 11) is 0. The number of amides is 1. The molecule has 19 heavy (non-hydrogen) atoms. The van der Waals surface area contributed by atoms with Crippen LogP contribution < -0.4 is 10.6 Å². The van der Waals surface area contributed by atoms with Crippen molar-refractivity contribution in [3.63, 3.8) is 0 Å². The van der Waals surface area contributed by atoms with Gasteiger partial charge >= 0.3 is 0 Å². The molecule has 0 bridgehead atoms. The summed E-state index contributed by atoms with van der Waals surface area (Å²) in [5, 5.41) is 6.32. The van der Waals surface area contributed by atoms with E-state index in [0.717, 1.165) is 42.7 Å². The summed E-state index contributed by atoms with van der Waals surface area (Å²) in [6.45, 7) is 10.1. The van der Waals surface area contributed by atoms with Gasteiger partial charge in [-0.1, -0.05) is 27.2 Å². The molecular formula is C16H26N2O. The second kappa shape index (κ2) is 7.82. The lowest BCUT2D eigenvalue weighted by atomic mass is 10.1. The van der Waals surface area contributed by atoms with E-state index < -0.39 is 0 Å². The van der Waals surface area contributed by atoms with Gasteiger partial charge in [0.1, 0.15) is 0 Å². The van der Waals surface area contributed by atoms with Crippen LogP contribution in [0.3, 0.4) is 0 Å². The molecule has 0 saturated heterocycles. The molecule has 1 amide bonds. The topological polar surface area (TPSA) is 41.1 Å². The van der Waals surface area contributed by atoms with Crippen LogP contribution in [0.5, 0.6) is 0 Å². The van der Waals surface area contributed by atoms with Crippen LogP contribution in [0.25, 0.3) is 0 Å². The van der Waals surface area contributed by atoms with E-state index >= 15 is 0 Å². The van der Waals surface area contributed by atoms with Crippen molar-refractivity contribution in [1.82, 2.24) is 5.32 Å². The van der Waals surface area contributed by atoms with Gasteiger partial charge in [-0.25, -0.2) is 0 Å². The standard InChI is InChI=1S/C16H26N2O/c1-5-9-17-14-7-8-15(13(4)10-14)16(19)18-11-12(3)6-2/h7-8,10,12,17H,5-6,9,11H2,1-4H3,(H,18,19). The average molecular weight is 262 g/mol. The predicted molar refractivity (Wildman–Crippen MR) is 81.7 cm³/mol. The number of carbonyl (C=O) groups is 1. The summed E-state index contributed by atoms with van der Waals surface area (Å²) in [5.74, 6) is 0.551.